The first-order valence-electron chi connectivity index (χ1n) is 5.27. The number of nitrogens with one attached hydrogen (secondary N) is 1. The maximum atomic E-state index is 11.1. The van der Waals surface area contributed by atoms with Crippen LogP contribution in [-0.2, 0) is 11.2 Å². The van der Waals surface area contributed by atoms with Crippen LogP contribution in [0, 0.1) is 5.41 Å². The van der Waals surface area contributed by atoms with Crippen molar-refractivity contribution in [1.29, 1.82) is 0 Å². The number of aromatic nitrogens is 2. The first-order chi connectivity index (χ1) is 7.92. The molecule has 1 aromatic heterocycles. The summed E-state index contributed by atoms with van der Waals surface area (Å²) in [5, 5.41) is 17.2. The number of aromatic amines is 1. The Hall–Kier alpha value is -1.36. The van der Waals surface area contributed by atoms with Gasteiger partial charge in [-0.25, -0.2) is 0 Å². The van der Waals surface area contributed by atoms with Gasteiger partial charge >= 0.3 is 5.97 Å². The Kier molecular flexibility index (Phi) is 2.95. The predicted octanol–water partition coefficient (Wildman–Crippen LogP) is 2.98. The van der Waals surface area contributed by atoms with Crippen molar-refractivity contribution >= 4 is 32.8 Å². The van der Waals surface area contributed by atoms with E-state index in [-0.39, 0.29) is 0 Å². The smallest absolute Gasteiger partial charge is 0.309 e. The summed E-state index contributed by atoms with van der Waals surface area (Å²) in [6, 6.07) is 5.77. The average molecular weight is 297 g/mol. The molecule has 0 radical (unpaired) electrons. The van der Waals surface area contributed by atoms with Crippen molar-refractivity contribution in [1.82, 2.24) is 10.2 Å². The van der Waals surface area contributed by atoms with Crippen molar-refractivity contribution in [2.45, 2.75) is 20.3 Å². The van der Waals surface area contributed by atoms with Gasteiger partial charge in [0.2, 0.25) is 0 Å². The van der Waals surface area contributed by atoms with E-state index in [1.165, 1.54) is 0 Å². The van der Waals surface area contributed by atoms with Crippen molar-refractivity contribution in [3.05, 3.63) is 28.4 Å². The minimum Gasteiger partial charge on any atom is -0.481 e. The molecule has 4 nitrogen and oxygen atoms in total. The summed E-state index contributed by atoms with van der Waals surface area (Å²) in [7, 11) is 0. The zero-order valence-electron chi connectivity index (χ0n) is 9.62. The number of para-hydroxylation sites is 1. The van der Waals surface area contributed by atoms with Gasteiger partial charge < -0.3 is 5.11 Å². The van der Waals surface area contributed by atoms with E-state index < -0.39 is 11.4 Å². The van der Waals surface area contributed by atoms with E-state index in [9.17, 15) is 4.79 Å². The fourth-order valence-electron chi connectivity index (χ4n) is 1.76. The standard InChI is InChI=1S/C12H13BrN2O2/c1-12(2,11(16)17)6-7-4-3-5-8-9(7)14-15-10(8)13/h3-5H,6H2,1-2H3,(H,14,15)(H,16,17). The van der Waals surface area contributed by atoms with Gasteiger partial charge in [0.05, 0.1) is 10.9 Å². The van der Waals surface area contributed by atoms with Crippen molar-refractivity contribution in [3.8, 4) is 0 Å². The Bertz CT molecular complexity index is 575. The van der Waals surface area contributed by atoms with Gasteiger partial charge in [0.25, 0.3) is 0 Å². The number of carboxylic acid groups (broad SMARTS) is 1. The summed E-state index contributed by atoms with van der Waals surface area (Å²) in [5.74, 6) is -0.802. The van der Waals surface area contributed by atoms with Crippen molar-refractivity contribution < 1.29 is 9.90 Å². The topological polar surface area (TPSA) is 66.0 Å². The largest absolute Gasteiger partial charge is 0.481 e. The van der Waals surface area contributed by atoms with E-state index in [0.29, 0.717) is 6.42 Å². The van der Waals surface area contributed by atoms with Crippen LogP contribution in [0.2, 0.25) is 0 Å². The maximum Gasteiger partial charge on any atom is 0.309 e. The maximum absolute atomic E-state index is 11.1. The lowest BCUT2D eigenvalue weighted by Crippen LogP contribution is -2.26. The van der Waals surface area contributed by atoms with Crippen LogP contribution in [-0.4, -0.2) is 21.3 Å². The molecule has 0 unspecified atom stereocenters. The summed E-state index contributed by atoms with van der Waals surface area (Å²) in [6.45, 7) is 3.44. The number of aliphatic carboxylic acids is 1. The van der Waals surface area contributed by atoms with E-state index in [1.807, 2.05) is 18.2 Å². The van der Waals surface area contributed by atoms with E-state index in [4.69, 9.17) is 5.11 Å². The van der Waals surface area contributed by atoms with Gasteiger partial charge in [-0.05, 0) is 41.8 Å². The molecular weight excluding hydrogens is 284 g/mol. The second-order valence-electron chi connectivity index (χ2n) is 4.72. The summed E-state index contributed by atoms with van der Waals surface area (Å²) < 4.78 is 0.822. The molecular formula is C12H13BrN2O2. The molecule has 0 spiro atoms. The summed E-state index contributed by atoms with van der Waals surface area (Å²) in [5.41, 5.74) is 0.977. The highest BCUT2D eigenvalue weighted by Gasteiger charge is 2.28. The molecule has 90 valence electrons. The normalized spacial score (nSPS) is 11.9. The minimum absolute atomic E-state index is 0.455. The molecule has 0 saturated carbocycles. The fraction of sp³-hybridized carbons (Fsp3) is 0.333. The Labute approximate surface area is 107 Å². The van der Waals surface area contributed by atoms with Crippen LogP contribution >= 0.6 is 15.9 Å². The Morgan fingerprint density at radius 1 is 1.53 bits per heavy atom. The van der Waals surface area contributed by atoms with Gasteiger partial charge in [-0.1, -0.05) is 18.2 Å². The van der Waals surface area contributed by atoms with E-state index in [0.717, 1.165) is 21.1 Å². The zero-order valence-corrected chi connectivity index (χ0v) is 11.2. The molecule has 0 aliphatic rings. The van der Waals surface area contributed by atoms with Crippen LogP contribution in [0.1, 0.15) is 19.4 Å². The molecule has 2 rings (SSSR count). The number of fused-ring (bicyclic) bond motifs is 1. The highest BCUT2D eigenvalue weighted by Crippen LogP contribution is 2.29. The molecule has 0 fully saturated rings. The number of halogens is 1. The third kappa shape index (κ3) is 2.20. The first-order valence-corrected chi connectivity index (χ1v) is 6.06. The molecule has 0 atom stereocenters. The first kappa shape index (κ1) is 12.1. The molecule has 1 aromatic carbocycles. The molecule has 17 heavy (non-hydrogen) atoms. The van der Waals surface area contributed by atoms with Gasteiger partial charge in [0.15, 0.2) is 0 Å². The Morgan fingerprint density at radius 3 is 2.88 bits per heavy atom. The highest BCUT2D eigenvalue weighted by molar-refractivity contribution is 9.10. The summed E-state index contributed by atoms with van der Waals surface area (Å²) in [6.07, 6.45) is 0.455. The molecule has 0 bridgehead atoms. The van der Waals surface area contributed by atoms with E-state index in [2.05, 4.69) is 26.1 Å². The lowest BCUT2D eigenvalue weighted by Gasteiger charge is -2.18. The molecule has 2 aromatic rings. The number of carboxylic acids is 1. The van der Waals surface area contributed by atoms with Crippen molar-refractivity contribution in [3.63, 3.8) is 0 Å². The molecule has 0 aliphatic heterocycles. The minimum atomic E-state index is -0.802. The zero-order chi connectivity index (χ0) is 12.6. The average Bonchev–Trinajstić information content (AvgIpc) is 2.61. The van der Waals surface area contributed by atoms with Crippen molar-refractivity contribution in [2.75, 3.05) is 0 Å². The molecule has 1 heterocycles. The molecule has 0 saturated heterocycles. The third-order valence-electron chi connectivity index (χ3n) is 2.83. The number of hydrogen-bond acceptors (Lipinski definition) is 2. The third-order valence-corrected chi connectivity index (χ3v) is 3.44. The summed E-state index contributed by atoms with van der Waals surface area (Å²) in [4.78, 5) is 11.1. The lowest BCUT2D eigenvalue weighted by molar-refractivity contribution is -0.146. The van der Waals surface area contributed by atoms with Gasteiger partial charge in [-0.3, -0.25) is 9.89 Å². The fourth-order valence-corrected chi connectivity index (χ4v) is 2.17. The highest BCUT2D eigenvalue weighted by atomic mass is 79.9. The van der Waals surface area contributed by atoms with Gasteiger partial charge in [0.1, 0.15) is 4.60 Å². The summed E-state index contributed by atoms with van der Waals surface area (Å²) >= 11 is 3.38. The van der Waals surface area contributed by atoms with E-state index >= 15 is 0 Å². The van der Waals surface area contributed by atoms with Crippen LogP contribution < -0.4 is 0 Å². The van der Waals surface area contributed by atoms with E-state index in [1.54, 1.807) is 13.8 Å². The number of hydrogen-bond donors (Lipinski definition) is 2. The Morgan fingerprint density at radius 2 is 2.24 bits per heavy atom. The van der Waals surface area contributed by atoms with Crippen LogP contribution in [0.15, 0.2) is 22.8 Å². The van der Waals surface area contributed by atoms with Gasteiger partial charge in [-0.2, -0.15) is 5.10 Å². The number of nitrogens with zero attached hydrogens (tertiary/aromatic N) is 1. The number of rotatable bonds is 3. The monoisotopic (exact) mass is 296 g/mol. The molecule has 0 amide bonds. The van der Waals surface area contributed by atoms with Crippen LogP contribution in [0.4, 0.5) is 0 Å². The SMILES string of the molecule is CC(C)(Cc1cccc2c(Br)[nH]nc12)C(=O)O. The predicted molar refractivity (Wildman–Crippen MR) is 68.9 cm³/mol. The molecule has 0 aliphatic carbocycles. The quantitative estimate of drug-likeness (QED) is 0.915. The number of carbonyl (C=O) groups is 1. The van der Waals surface area contributed by atoms with Crippen LogP contribution in [0.25, 0.3) is 10.9 Å². The molecule has 2 N–H and O–H groups in total. The lowest BCUT2D eigenvalue weighted by atomic mass is 9.85. The second kappa shape index (κ2) is 4.14. The number of H-pyrrole nitrogens is 1. The van der Waals surface area contributed by atoms with Gasteiger partial charge in [-0.15, -0.1) is 0 Å². The van der Waals surface area contributed by atoms with Crippen molar-refractivity contribution in [2.24, 2.45) is 5.41 Å². The number of benzene rings is 1. The van der Waals surface area contributed by atoms with Crippen LogP contribution in [0.3, 0.4) is 0 Å². The second-order valence-corrected chi connectivity index (χ2v) is 5.51. The van der Waals surface area contributed by atoms with Crippen LogP contribution in [0.5, 0.6) is 0 Å². The Balaban J connectivity index is 2.46. The molecule has 5 heteroatoms. The van der Waals surface area contributed by atoms with Gasteiger partial charge in [0, 0.05) is 5.39 Å².